The van der Waals surface area contributed by atoms with Gasteiger partial charge in [-0.05, 0) is 72.6 Å². The number of guanidine groups is 1. The molecule has 0 radical (unpaired) electrons. The number of carbonyl (C=O) groups excluding carboxylic acids is 1. The molecular weight excluding hydrogens is 588 g/mol. The highest BCUT2D eigenvalue weighted by molar-refractivity contribution is 7.90. The SMILES string of the molecule is CCOC(=O)c1ccccc1COc1ccc(C2=NN(/C(N)=N/S(=O)(=O)c3ccc(Cl)cc3)CC2c2ccccc2)cc1. The highest BCUT2D eigenvalue weighted by Gasteiger charge is 2.31. The Hall–Kier alpha value is -4.67. The van der Waals surface area contributed by atoms with Crippen molar-refractivity contribution in [1.29, 1.82) is 0 Å². The van der Waals surface area contributed by atoms with Crippen LogP contribution in [0.4, 0.5) is 0 Å². The van der Waals surface area contributed by atoms with Gasteiger partial charge in [-0.3, -0.25) is 0 Å². The first-order valence-electron chi connectivity index (χ1n) is 13.5. The van der Waals surface area contributed by atoms with Crippen LogP contribution in [-0.2, 0) is 21.4 Å². The zero-order valence-corrected chi connectivity index (χ0v) is 24.8. The molecule has 43 heavy (non-hydrogen) atoms. The van der Waals surface area contributed by atoms with Crippen molar-refractivity contribution in [2.45, 2.75) is 24.3 Å². The molecule has 4 aromatic carbocycles. The maximum atomic E-state index is 12.9. The summed E-state index contributed by atoms with van der Waals surface area (Å²) in [5.74, 6) is -0.233. The van der Waals surface area contributed by atoms with Crippen LogP contribution in [0, 0.1) is 0 Å². The third kappa shape index (κ3) is 7.04. The first-order valence-corrected chi connectivity index (χ1v) is 15.3. The lowest BCUT2D eigenvalue weighted by molar-refractivity contribution is 0.0523. The Morgan fingerprint density at radius 1 is 0.977 bits per heavy atom. The van der Waals surface area contributed by atoms with Crippen molar-refractivity contribution >= 4 is 39.3 Å². The molecule has 5 rings (SSSR count). The topological polar surface area (TPSA) is 124 Å². The van der Waals surface area contributed by atoms with Crippen LogP contribution in [0.2, 0.25) is 5.02 Å². The van der Waals surface area contributed by atoms with Gasteiger partial charge in [-0.25, -0.2) is 9.80 Å². The Kier molecular flexibility index (Phi) is 9.08. The summed E-state index contributed by atoms with van der Waals surface area (Å²) >= 11 is 5.90. The van der Waals surface area contributed by atoms with E-state index in [1.807, 2.05) is 66.7 Å². The summed E-state index contributed by atoms with van der Waals surface area (Å²) in [7, 11) is -4.08. The summed E-state index contributed by atoms with van der Waals surface area (Å²) < 4.78 is 40.7. The number of hydrogen-bond acceptors (Lipinski definition) is 6. The molecule has 11 heteroatoms. The summed E-state index contributed by atoms with van der Waals surface area (Å²) in [5.41, 5.74) is 9.88. The lowest BCUT2D eigenvalue weighted by Gasteiger charge is -2.16. The van der Waals surface area contributed by atoms with Gasteiger partial charge in [0.15, 0.2) is 0 Å². The second-order valence-corrected chi connectivity index (χ2v) is 11.6. The van der Waals surface area contributed by atoms with Crippen LogP contribution in [0.1, 0.15) is 39.9 Å². The van der Waals surface area contributed by atoms with Gasteiger partial charge in [-0.2, -0.15) is 13.5 Å². The number of nitrogens with two attached hydrogens (primary N) is 1. The number of hydrazone groups is 1. The van der Waals surface area contributed by atoms with Gasteiger partial charge < -0.3 is 15.2 Å². The molecule has 220 valence electrons. The lowest BCUT2D eigenvalue weighted by atomic mass is 9.90. The van der Waals surface area contributed by atoms with Crippen LogP contribution in [0.5, 0.6) is 5.75 Å². The number of ether oxygens (including phenoxy) is 2. The Morgan fingerprint density at radius 2 is 1.65 bits per heavy atom. The number of hydrogen-bond donors (Lipinski definition) is 1. The van der Waals surface area contributed by atoms with Crippen molar-refractivity contribution in [3.8, 4) is 5.75 Å². The molecule has 0 aliphatic carbocycles. The average molecular weight is 617 g/mol. The number of carbonyl (C=O) groups is 1. The van der Waals surface area contributed by atoms with Crippen molar-refractivity contribution in [3.63, 3.8) is 0 Å². The zero-order chi connectivity index (χ0) is 30.4. The fourth-order valence-electron chi connectivity index (χ4n) is 4.62. The second kappa shape index (κ2) is 13.1. The molecule has 1 aliphatic heterocycles. The first kappa shape index (κ1) is 29.8. The van der Waals surface area contributed by atoms with Crippen molar-refractivity contribution in [1.82, 2.24) is 5.01 Å². The Balaban J connectivity index is 1.38. The van der Waals surface area contributed by atoms with E-state index in [-0.39, 0.29) is 30.0 Å². The molecule has 9 nitrogen and oxygen atoms in total. The Bertz CT molecular complexity index is 1760. The van der Waals surface area contributed by atoms with Gasteiger partial charge in [-0.1, -0.05) is 60.1 Å². The van der Waals surface area contributed by atoms with Crippen LogP contribution in [0.3, 0.4) is 0 Å². The van der Waals surface area contributed by atoms with Crippen LogP contribution in [-0.4, -0.2) is 44.2 Å². The normalized spacial score (nSPS) is 15.2. The highest BCUT2D eigenvalue weighted by atomic mass is 35.5. The minimum atomic E-state index is -4.08. The molecule has 0 spiro atoms. The van der Waals surface area contributed by atoms with Gasteiger partial charge in [0.1, 0.15) is 12.4 Å². The van der Waals surface area contributed by atoms with E-state index in [0.717, 1.165) is 11.1 Å². The number of benzene rings is 4. The maximum absolute atomic E-state index is 12.9. The Morgan fingerprint density at radius 3 is 2.35 bits per heavy atom. The van der Waals surface area contributed by atoms with Gasteiger partial charge in [0.2, 0.25) is 5.96 Å². The number of rotatable bonds is 9. The molecule has 0 bridgehead atoms. The van der Waals surface area contributed by atoms with Crippen molar-refractivity contribution in [2.24, 2.45) is 15.2 Å². The molecule has 0 fully saturated rings. The first-order chi connectivity index (χ1) is 20.7. The molecule has 1 heterocycles. The molecule has 0 amide bonds. The van der Waals surface area contributed by atoms with E-state index in [2.05, 4.69) is 4.40 Å². The molecule has 4 aromatic rings. The monoisotopic (exact) mass is 616 g/mol. The predicted molar refractivity (Wildman–Crippen MR) is 166 cm³/mol. The Labute approximate surface area is 255 Å². The van der Waals surface area contributed by atoms with Gasteiger partial charge in [0, 0.05) is 16.5 Å². The lowest BCUT2D eigenvalue weighted by Crippen LogP contribution is -2.33. The van der Waals surface area contributed by atoms with E-state index in [1.165, 1.54) is 29.3 Å². The molecule has 2 N–H and O–H groups in total. The smallest absolute Gasteiger partial charge is 0.338 e. The summed E-state index contributed by atoms with van der Waals surface area (Å²) in [6, 6.07) is 30.0. The van der Waals surface area contributed by atoms with Gasteiger partial charge in [-0.15, -0.1) is 4.40 Å². The molecule has 1 unspecified atom stereocenters. The fourth-order valence-corrected chi connectivity index (χ4v) is 5.67. The summed E-state index contributed by atoms with van der Waals surface area (Å²) in [4.78, 5) is 12.3. The van der Waals surface area contributed by atoms with E-state index in [4.69, 9.17) is 31.9 Å². The maximum Gasteiger partial charge on any atom is 0.338 e. The van der Waals surface area contributed by atoms with E-state index in [9.17, 15) is 13.2 Å². The zero-order valence-electron chi connectivity index (χ0n) is 23.3. The van der Waals surface area contributed by atoms with Gasteiger partial charge in [0.05, 0.1) is 29.3 Å². The van der Waals surface area contributed by atoms with E-state index >= 15 is 0 Å². The van der Waals surface area contributed by atoms with Crippen LogP contribution in [0.15, 0.2) is 118 Å². The second-order valence-electron chi connectivity index (χ2n) is 9.60. The summed E-state index contributed by atoms with van der Waals surface area (Å²) in [6.45, 7) is 2.54. The highest BCUT2D eigenvalue weighted by Crippen LogP contribution is 2.30. The minimum absolute atomic E-state index is 0.0247. The third-order valence-electron chi connectivity index (χ3n) is 6.76. The average Bonchev–Trinajstić information content (AvgIpc) is 3.47. The van der Waals surface area contributed by atoms with Crippen molar-refractivity contribution < 1.29 is 22.7 Å². The molecule has 0 saturated carbocycles. The quantitative estimate of drug-likeness (QED) is 0.147. The third-order valence-corrected chi connectivity index (χ3v) is 8.31. The van der Waals surface area contributed by atoms with E-state index < -0.39 is 16.0 Å². The molecular formula is C32H29ClN4O5S. The van der Waals surface area contributed by atoms with Crippen LogP contribution >= 0.6 is 11.6 Å². The number of sulfonamides is 1. The van der Waals surface area contributed by atoms with Crippen molar-refractivity contribution in [3.05, 3.63) is 130 Å². The van der Waals surface area contributed by atoms with E-state index in [1.54, 1.807) is 19.1 Å². The molecule has 0 aromatic heterocycles. The van der Waals surface area contributed by atoms with Crippen molar-refractivity contribution in [2.75, 3.05) is 13.2 Å². The largest absolute Gasteiger partial charge is 0.489 e. The van der Waals surface area contributed by atoms with Crippen LogP contribution < -0.4 is 10.5 Å². The van der Waals surface area contributed by atoms with Crippen LogP contribution in [0.25, 0.3) is 0 Å². The number of halogens is 1. The number of nitrogens with zero attached hydrogens (tertiary/aromatic N) is 3. The van der Waals surface area contributed by atoms with E-state index in [0.29, 0.717) is 34.2 Å². The van der Waals surface area contributed by atoms with Gasteiger partial charge >= 0.3 is 5.97 Å². The predicted octanol–water partition coefficient (Wildman–Crippen LogP) is 5.60. The standard InChI is InChI=1S/C32H29ClN4O5S/c1-2-41-31(38)28-11-7-6-10-24(28)21-42-26-16-12-23(13-17-26)30-29(22-8-4-3-5-9-22)20-37(35-30)32(34)36-43(39,40)27-18-14-25(33)15-19-27/h3-19,29H,2,20-21H2,1H3,(H2,34,36). The molecule has 1 atom stereocenters. The minimum Gasteiger partial charge on any atom is -0.489 e. The number of esters is 1. The molecule has 1 aliphatic rings. The fraction of sp³-hybridized carbons (Fsp3) is 0.156. The molecule has 0 saturated heterocycles. The van der Waals surface area contributed by atoms with Gasteiger partial charge in [0.25, 0.3) is 10.0 Å². The summed E-state index contributed by atoms with van der Waals surface area (Å²) in [5, 5.41) is 6.51. The summed E-state index contributed by atoms with van der Waals surface area (Å²) in [6.07, 6.45) is 0.